The van der Waals surface area contributed by atoms with Crippen molar-refractivity contribution in [2.24, 2.45) is 0 Å². The van der Waals surface area contributed by atoms with E-state index < -0.39 is 0 Å². The van der Waals surface area contributed by atoms with E-state index in [-0.39, 0.29) is 12.0 Å². The van der Waals surface area contributed by atoms with Gasteiger partial charge in [-0.15, -0.1) is 0 Å². The summed E-state index contributed by atoms with van der Waals surface area (Å²) in [7, 11) is 1.62. The van der Waals surface area contributed by atoms with Crippen molar-refractivity contribution in [2.75, 3.05) is 18.6 Å². The maximum atomic E-state index is 12.9. The van der Waals surface area contributed by atoms with Gasteiger partial charge in [0.05, 0.1) is 13.7 Å². The minimum atomic E-state index is -0.363. The molecule has 0 aliphatic carbocycles. The van der Waals surface area contributed by atoms with Crippen molar-refractivity contribution < 1.29 is 14.3 Å². The SMILES string of the molecule is COc1cccc(N(Cc2cccnc2)C(=O)C2CCCO2)c1. The molecule has 0 saturated carbocycles. The van der Waals surface area contributed by atoms with Crippen LogP contribution in [0.25, 0.3) is 0 Å². The third-order valence-electron chi connectivity index (χ3n) is 3.90. The number of nitrogens with zero attached hydrogens (tertiary/aromatic N) is 2. The average molecular weight is 312 g/mol. The molecule has 0 radical (unpaired) electrons. The Hall–Kier alpha value is -2.40. The van der Waals surface area contributed by atoms with E-state index in [9.17, 15) is 4.79 Å². The van der Waals surface area contributed by atoms with Crippen molar-refractivity contribution in [3.8, 4) is 5.75 Å². The van der Waals surface area contributed by atoms with Crippen LogP contribution in [0.1, 0.15) is 18.4 Å². The van der Waals surface area contributed by atoms with Crippen LogP contribution in [0.15, 0.2) is 48.8 Å². The molecule has 1 unspecified atom stereocenters. The summed E-state index contributed by atoms with van der Waals surface area (Å²) in [4.78, 5) is 18.8. The van der Waals surface area contributed by atoms with Crippen molar-refractivity contribution in [3.63, 3.8) is 0 Å². The van der Waals surface area contributed by atoms with Crippen LogP contribution in [0.3, 0.4) is 0 Å². The number of hydrogen-bond acceptors (Lipinski definition) is 4. The summed E-state index contributed by atoms with van der Waals surface area (Å²) in [5, 5.41) is 0. The van der Waals surface area contributed by atoms with Gasteiger partial charge in [-0.05, 0) is 36.6 Å². The lowest BCUT2D eigenvalue weighted by Gasteiger charge is -2.25. The highest BCUT2D eigenvalue weighted by Crippen LogP contribution is 2.25. The fraction of sp³-hybridized carbons (Fsp3) is 0.333. The molecule has 0 spiro atoms. The summed E-state index contributed by atoms with van der Waals surface area (Å²) >= 11 is 0. The van der Waals surface area contributed by atoms with Gasteiger partial charge in [0, 0.05) is 30.8 Å². The van der Waals surface area contributed by atoms with Gasteiger partial charge >= 0.3 is 0 Å². The molecular weight excluding hydrogens is 292 g/mol. The number of methoxy groups -OCH3 is 1. The molecule has 1 aromatic carbocycles. The quantitative estimate of drug-likeness (QED) is 0.852. The van der Waals surface area contributed by atoms with Gasteiger partial charge in [0.2, 0.25) is 0 Å². The van der Waals surface area contributed by atoms with E-state index in [1.54, 1.807) is 24.4 Å². The minimum Gasteiger partial charge on any atom is -0.497 e. The summed E-state index contributed by atoms with van der Waals surface area (Å²) in [6.07, 6.45) is 4.83. The number of aromatic nitrogens is 1. The van der Waals surface area contributed by atoms with Crippen LogP contribution < -0.4 is 9.64 Å². The lowest BCUT2D eigenvalue weighted by atomic mass is 10.1. The first-order chi connectivity index (χ1) is 11.3. The zero-order valence-electron chi connectivity index (χ0n) is 13.1. The summed E-state index contributed by atoms with van der Waals surface area (Å²) in [5.74, 6) is 0.707. The Bertz CT molecular complexity index is 654. The zero-order chi connectivity index (χ0) is 16.1. The van der Waals surface area contributed by atoms with Crippen LogP contribution in [0, 0.1) is 0 Å². The molecule has 3 rings (SSSR count). The molecule has 1 aromatic heterocycles. The first-order valence-electron chi connectivity index (χ1n) is 7.74. The van der Waals surface area contributed by atoms with E-state index >= 15 is 0 Å². The molecule has 2 heterocycles. The second-order valence-corrected chi connectivity index (χ2v) is 5.49. The van der Waals surface area contributed by atoms with Crippen LogP contribution in [0.5, 0.6) is 5.75 Å². The Balaban J connectivity index is 1.89. The number of pyridine rings is 1. The van der Waals surface area contributed by atoms with Crippen molar-refractivity contribution in [2.45, 2.75) is 25.5 Å². The highest BCUT2D eigenvalue weighted by Gasteiger charge is 2.29. The van der Waals surface area contributed by atoms with Gasteiger partial charge in [-0.25, -0.2) is 0 Å². The highest BCUT2D eigenvalue weighted by molar-refractivity contribution is 5.96. The summed E-state index contributed by atoms with van der Waals surface area (Å²) < 4.78 is 10.9. The standard InChI is InChI=1S/C18H20N2O3/c1-22-16-7-2-6-15(11-16)20(13-14-5-3-9-19-12-14)18(21)17-8-4-10-23-17/h2-3,5-7,9,11-12,17H,4,8,10,13H2,1H3. The molecule has 1 fully saturated rings. The molecule has 1 amide bonds. The summed E-state index contributed by atoms with van der Waals surface area (Å²) in [6.45, 7) is 1.11. The van der Waals surface area contributed by atoms with Gasteiger partial charge in [0.1, 0.15) is 11.9 Å². The number of anilines is 1. The predicted molar refractivity (Wildman–Crippen MR) is 87.4 cm³/mol. The Morgan fingerprint density at radius 3 is 3.00 bits per heavy atom. The first kappa shape index (κ1) is 15.5. The summed E-state index contributed by atoms with van der Waals surface area (Å²) in [5.41, 5.74) is 1.77. The second kappa shape index (κ2) is 7.24. The zero-order valence-corrected chi connectivity index (χ0v) is 13.1. The van der Waals surface area contributed by atoms with Gasteiger partial charge in [-0.1, -0.05) is 12.1 Å². The Kier molecular flexibility index (Phi) is 4.88. The van der Waals surface area contributed by atoms with Crippen molar-refractivity contribution >= 4 is 11.6 Å². The van der Waals surface area contributed by atoms with E-state index in [1.807, 2.05) is 36.4 Å². The number of carbonyl (C=O) groups is 1. The van der Waals surface area contributed by atoms with Crippen molar-refractivity contribution in [1.29, 1.82) is 0 Å². The lowest BCUT2D eigenvalue weighted by Crippen LogP contribution is -2.38. The molecule has 1 saturated heterocycles. The molecule has 5 nitrogen and oxygen atoms in total. The molecule has 2 aromatic rings. The number of carbonyl (C=O) groups excluding carboxylic acids is 1. The van der Waals surface area contributed by atoms with E-state index in [2.05, 4.69) is 4.98 Å². The van der Waals surface area contributed by atoms with E-state index in [0.29, 0.717) is 13.2 Å². The lowest BCUT2D eigenvalue weighted by molar-refractivity contribution is -0.127. The highest BCUT2D eigenvalue weighted by atomic mass is 16.5. The molecule has 120 valence electrons. The van der Waals surface area contributed by atoms with Crippen LogP contribution in [0.2, 0.25) is 0 Å². The van der Waals surface area contributed by atoms with Gasteiger partial charge in [0.25, 0.3) is 5.91 Å². The molecule has 0 N–H and O–H groups in total. The fourth-order valence-corrected chi connectivity index (χ4v) is 2.70. The van der Waals surface area contributed by atoms with Crippen LogP contribution in [-0.4, -0.2) is 30.7 Å². The Labute approximate surface area is 135 Å². The first-order valence-corrected chi connectivity index (χ1v) is 7.74. The summed E-state index contributed by atoms with van der Waals surface area (Å²) in [6, 6.07) is 11.4. The largest absolute Gasteiger partial charge is 0.497 e. The van der Waals surface area contributed by atoms with Gasteiger partial charge in [-0.2, -0.15) is 0 Å². The van der Waals surface area contributed by atoms with E-state index in [4.69, 9.17) is 9.47 Å². The Morgan fingerprint density at radius 2 is 2.30 bits per heavy atom. The second-order valence-electron chi connectivity index (χ2n) is 5.49. The normalized spacial score (nSPS) is 17.0. The van der Waals surface area contributed by atoms with E-state index in [1.165, 1.54) is 0 Å². The molecule has 1 atom stereocenters. The topological polar surface area (TPSA) is 51.7 Å². The van der Waals surface area contributed by atoms with Crippen LogP contribution in [0.4, 0.5) is 5.69 Å². The molecule has 23 heavy (non-hydrogen) atoms. The number of amides is 1. The fourth-order valence-electron chi connectivity index (χ4n) is 2.70. The third-order valence-corrected chi connectivity index (χ3v) is 3.90. The number of ether oxygens (including phenoxy) is 2. The predicted octanol–water partition coefficient (Wildman–Crippen LogP) is 2.80. The Morgan fingerprint density at radius 1 is 1.39 bits per heavy atom. The maximum Gasteiger partial charge on any atom is 0.256 e. The average Bonchev–Trinajstić information content (AvgIpc) is 3.15. The van der Waals surface area contributed by atoms with Crippen LogP contribution in [-0.2, 0) is 16.1 Å². The van der Waals surface area contributed by atoms with Gasteiger partial charge in [-0.3, -0.25) is 9.78 Å². The molecule has 5 heteroatoms. The van der Waals surface area contributed by atoms with Crippen molar-refractivity contribution in [1.82, 2.24) is 4.98 Å². The maximum absolute atomic E-state index is 12.9. The molecular formula is C18H20N2O3. The molecule has 1 aliphatic rings. The number of rotatable bonds is 5. The smallest absolute Gasteiger partial charge is 0.256 e. The third kappa shape index (κ3) is 3.68. The van der Waals surface area contributed by atoms with Gasteiger partial charge < -0.3 is 14.4 Å². The molecule has 1 aliphatic heterocycles. The van der Waals surface area contributed by atoms with E-state index in [0.717, 1.165) is 29.8 Å². The minimum absolute atomic E-state index is 0.0143. The van der Waals surface area contributed by atoms with Crippen molar-refractivity contribution in [3.05, 3.63) is 54.4 Å². The van der Waals surface area contributed by atoms with Crippen LogP contribution >= 0.6 is 0 Å². The molecule has 0 bridgehead atoms. The number of benzene rings is 1. The number of hydrogen-bond donors (Lipinski definition) is 0. The van der Waals surface area contributed by atoms with Gasteiger partial charge in [0.15, 0.2) is 0 Å². The monoisotopic (exact) mass is 312 g/mol.